The standard InChI is InChI=1S/C25H17N3O6/c1-14-5-8-22-19(11-14)27-25(34-22)18-13-16(6-7-20(18)29)26-24(30)23-10-9-21(33-23)15-3-2-4-17(12-15)28(31)32/h2-13,29H,1H3,(H,26,30). The van der Waals surface area contributed by atoms with Gasteiger partial charge in [0.2, 0.25) is 5.89 Å². The van der Waals surface area contributed by atoms with Crippen molar-refractivity contribution in [1.29, 1.82) is 0 Å². The molecule has 5 aromatic rings. The molecule has 9 heteroatoms. The minimum Gasteiger partial charge on any atom is -0.507 e. The van der Waals surface area contributed by atoms with E-state index in [2.05, 4.69) is 10.3 Å². The molecule has 168 valence electrons. The van der Waals surface area contributed by atoms with Crippen molar-refractivity contribution in [3.05, 3.63) is 94.2 Å². The van der Waals surface area contributed by atoms with Crippen LogP contribution < -0.4 is 5.32 Å². The van der Waals surface area contributed by atoms with E-state index in [9.17, 15) is 20.0 Å². The molecule has 2 N–H and O–H groups in total. The Labute approximate surface area is 192 Å². The zero-order valence-electron chi connectivity index (χ0n) is 17.8. The Morgan fingerprint density at radius 1 is 1.03 bits per heavy atom. The van der Waals surface area contributed by atoms with Crippen molar-refractivity contribution >= 4 is 28.4 Å². The van der Waals surface area contributed by atoms with Crippen molar-refractivity contribution in [2.75, 3.05) is 5.32 Å². The largest absolute Gasteiger partial charge is 0.507 e. The van der Waals surface area contributed by atoms with Gasteiger partial charge in [0, 0.05) is 23.4 Å². The molecule has 5 rings (SSSR count). The third kappa shape index (κ3) is 3.97. The number of aryl methyl sites for hydroxylation is 1. The molecule has 0 spiro atoms. The number of anilines is 1. The number of fused-ring (bicyclic) bond motifs is 1. The van der Waals surface area contributed by atoms with Crippen molar-refractivity contribution in [3.63, 3.8) is 0 Å². The Hall–Kier alpha value is -4.92. The second-order valence-electron chi connectivity index (χ2n) is 7.65. The van der Waals surface area contributed by atoms with Crippen LogP contribution in [0.25, 0.3) is 33.9 Å². The highest BCUT2D eigenvalue weighted by molar-refractivity contribution is 6.03. The summed E-state index contributed by atoms with van der Waals surface area (Å²) in [6.07, 6.45) is 0. The summed E-state index contributed by atoms with van der Waals surface area (Å²) in [6, 6.07) is 19.1. The van der Waals surface area contributed by atoms with Crippen molar-refractivity contribution in [3.8, 4) is 28.5 Å². The second kappa shape index (κ2) is 8.21. The van der Waals surface area contributed by atoms with E-state index in [0.29, 0.717) is 33.7 Å². The van der Waals surface area contributed by atoms with Gasteiger partial charge in [-0.15, -0.1) is 0 Å². The average Bonchev–Trinajstić information content (AvgIpc) is 3.47. The van der Waals surface area contributed by atoms with E-state index in [1.807, 2.05) is 19.1 Å². The predicted octanol–water partition coefficient (Wildman–Crippen LogP) is 5.93. The highest BCUT2D eigenvalue weighted by Crippen LogP contribution is 2.34. The van der Waals surface area contributed by atoms with E-state index in [4.69, 9.17) is 8.83 Å². The molecule has 1 amide bonds. The summed E-state index contributed by atoms with van der Waals surface area (Å²) in [5.74, 6) is -0.00983. The van der Waals surface area contributed by atoms with Crippen LogP contribution >= 0.6 is 0 Å². The lowest BCUT2D eigenvalue weighted by atomic mass is 10.1. The third-order valence-corrected chi connectivity index (χ3v) is 5.20. The summed E-state index contributed by atoms with van der Waals surface area (Å²) in [5.41, 5.74) is 3.39. The SMILES string of the molecule is Cc1ccc2oc(-c3cc(NC(=O)c4ccc(-c5cccc([N+](=O)[O-])c5)o4)ccc3O)nc2c1. The summed E-state index contributed by atoms with van der Waals surface area (Å²) in [5, 5.41) is 24.0. The van der Waals surface area contributed by atoms with Crippen LogP contribution in [0.1, 0.15) is 16.1 Å². The molecule has 0 bridgehead atoms. The van der Waals surface area contributed by atoms with Crippen LogP contribution in [0.3, 0.4) is 0 Å². The Morgan fingerprint density at radius 3 is 2.71 bits per heavy atom. The van der Waals surface area contributed by atoms with E-state index in [1.165, 1.54) is 30.3 Å². The minimum absolute atomic E-state index is 0.0217. The van der Waals surface area contributed by atoms with Gasteiger partial charge >= 0.3 is 0 Å². The van der Waals surface area contributed by atoms with Gasteiger partial charge in [0.15, 0.2) is 11.3 Å². The van der Waals surface area contributed by atoms with E-state index in [1.54, 1.807) is 30.3 Å². The molecule has 0 saturated heterocycles. The molecule has 0 aliphatic carbocycles. The van der Waals surface area contributed by atoms with E-state index >= 15 is 0 Å². The molecule has 0 aliphatic heterocycles. The molecule has 0 aliphatic rings. The fourth-order valence-corrected chi connectivity index (χ4v) is 3.52. The van der Waals surface area contributed by atoms with Crippen molar-refractivity contribution < 1.29 is 23.7 Å². The number of nitrogens with one attached hydrogen (secondary N) is 1. The quantitative estimate of drug-likeness (QED) is 0.191. The molecule has 2 heterocycles. The lowest BCUT2D eigenvalue weighted by molar-refractivity contribution is -0.384. The van der Waals surface area contributed by atoms with E-state index in [0.717, 1.165) is 5.56 Å². The molecule has 0 unspecified atom stereocenters. The first kappa shape index (κ1) is 21.0. The topological polar surface area (TPSA) is 132 Å². The van der Waals surface area contributed by atoms with E-state index in [-0.39, 0.29) is 23.1 Å². The molecule has 3 aromatic carbocycles. The van der Waals surface area contributed by atoms with Gasteiger partial charge in [-0.2, -0.15) is 0 Å². The number of hydrogen-bond acceptors (Lipinski definition) is 7. The number of carbonyl (C=O) groups excluding carboxylic acids is 1. The van der Waals surface area contributed by atoms with Crippen molar-refractivity contribution in [2.45, 2.75) is 6.92 Å². The maximum absolute atomic E-state index is 12.7. The molecular formula is C25H17N3O6. The number of nitro groups is 1. The number of furan rings is 1. The molecule has 0 saturated carbocycles. The van der Waals surface area contributed by atoms with Gasteiger partial charge in [0.05, 0.1) is 10.5 Å². The fourth-order valence-electron chi connectivity index (χ4n) is 3.52. The monoisotopic (exact) mass is 455 g/mol. The fraction of sp³-hybridized carbons (Fsp3) is 0.0400. The summed E-state index contributed by atoms with van der Waals surface area (Å²) in [6.45, 7) is 1.94. The third-order valence-electron chi connectivity index (χ3n) is 5.20. The average molecular weight is 455 g/mol. The van der Waals surface area contributed by atoms with Crippen LogP contribution in [0.4, 0.5) is 11.4 Å². The minimum atomic E-state index is -0.526. The Morgan fingerprint density at radius 2 is 1.88 bits per heavy atom. The Balaban J connectivity index is 1.39. The van der Waals surface area contributed by atoms with Gasteiger partial charge < -0.3 is 19.3 Å². The number of non-ortho nitro benzene ring substituents is 1. The lowest BCUT2D eigenvalue weighted by Crippen LogP contribution is -2.10. The van der Waals surface area contributed by atoms with Gasteiger partial charge in [-0.1, -0.05) is 18.2 Å². The van der Waals surface area contributed by atoms with Crippen molar-refractivity contribution in [1.82, 2.24) is 4.98 Å². The smallest absolute Gasteiger partial charge is 0.291 e. The Bertz CT molecular complexity index is 1570. The summed E-state index contributed by atoms with van der Waals surface area (Å²) < 4.78 is 11.4. The number of benzene rings is 3. The number of carbonyl (C=O) groups is 1. The van der Waals surface area contributed by atoms with Crippen LogP contribution in [-0.4, -0.2) is 20.9 Å². The van der Waals surface area contributed by atoms with E-state index < -0.39 is 10.8 Å². The van der Waals surface area contributed by atoms with Gasteiger partial charge in [-0.25, -0.2) is 4.98 Å². The number of nitro benzene ring substituents is 1. The maximum Gasteiger partial charge on any atom is 0.291 e. The van der Waals surface area contributed by atoms with Crippen LogP contribution in [-0.2, 0) is 0 Å². The zero-order chi connectivity index (χ0) is 23.8. The number of amides is 1. The number of nitrogens with zero attached hydrogens (tertiary/aromatic N) is 2. The maximum atomic E-state index is 12.7. The summed E-state index contributed by atoms with van der Waals surface area (Å²) >= 11 is 0. The zero-order valence-corrected chi connectivity index (χ0v) is 17.8. The Kier molecular flexibility index (Phi) is 5.06. The number of oxazole rings is 1. The number of rotatable bonds is 5. The highest BCUT2D eigenvalue weighted by Gasteiger charge is 2.17. The number of aromatic hydroxyl groups is 1. The molecular weight excluding hydrogens is 438 g/mol. The second-order valence-corrected chi connectivity index (χ2v) is 7.65. The molecule has 0 radical (unpaired) electrons. The molecule has 9 nitrogen and oxygen atoms in total. The lowest BCUT2D eigenvalue weighted by Gasteiger charge is -2.06. The molecule has 2 aromatic heterocycles. The first-order valence-electron chi connectivity index (χ1n) is 10.2. The summed E-state index contributed by atoms with van der Waals surface area (Å²) in [7, 11) is 0. The first-order valence-corrected chi connectivity index (χ1v) is 10.2. The van der Waals surface area contributed by atoms with Crippen molar-refractivity contribution in [2.24, 2.45) is 0 Å². The number of phenolic OH excluding ortho intramolecular Hbond substituents is 1. The number of hydrogen-bond donors (Lipinski definition) is 2. The van der Waals surface area contributed by atoms with Gasteiger partial charge in [-0.05, 0) is 55.0 Å². The first-order chi connectivity index (χ1) is 16.4. The molecule has 34 heavy (non-hydrogen) atoms. The van der Waals surface area contributed by atoms with Gasteiger partial charge in [0.1, 0.15) is 17.0 Å². The molecule has 0 atom stereocenters. The molecule has 0 fully saturated rings. The van der Waals surface area contributed by atoms with Crippen LogP contribution in [0.2, 0.25) is 0 Å². The number of aromatic nitrogens is 1. The number of phenols is 1. The highest BCUT2D eigenvalue weighted by atomic mass is 16.6. The van der Waals surface area contributed by atoms with Crippen LogP contribution in [0.15, 0.2) is 81.6 Å². The normalized spacial score (nSPS) is 11.0. The van der Waals surface area contributed by atoms with Crippen LogP contribution in [0.5, 0.6) is 5.75 Å². The van der Waals surface area contributed by atoms with Gasteiger partial charge in [0.25, 0.3) is 11.6 Å². The predicted molar refractivity (Wildman–Crippen MR) is 125 cm³/mol. The van der Waals surface area contributed by atoms with Gasteiger partial charge in [-0.3, -0.25) is 14.9 Å². The summed E-state index contributed by atoms with van der Waals surface area (Å²) in [4.78, 5) is 27.7. The van der Waals surface area contributed by atoms with Crippen LogP contribution in [0, 0.1) is 17.0 Å².